The van der Waals surface area contributed by atoms with Gasteiger partial charge in [-0.3, -0.25) is 20.2 Å². The predicted octanol–water partition coefficient (Wildman–Crippen LogP) is 1.78. The molecule has 7 atom stereocenters. The molecule has 3 aliphatic heterocycles. The maximum absolute atomic E-state index is 13.0. The first-order valence-electron chi connectivity index (χ1n) is 12.5. The Morgan fingerprint density at radius 2 is 1.91 bits per heavy atom. The maximum atomic E-state index is 13.0. The first kappa shape index (κ1) is 24.1. The van der Waals surface area contributed by atoms with Gasteiger partial charge in [0.1, 0.15) is 12.1 Å². The van der Waals surface area contributed by atoms with Gasteiger partial charge in [0.2, 0.25) is 5.91 Å². The van der Waals surface area contributed by atoms with Crippen molar-refractivity contribution in [3.05, 3.63) is 23.8 Å². The number of amides is 1. The van der Waals surface area contributed by atoms with Crippen molar-refractivity contribution in [2.75, 3.05) is 30.3 Å². The molecule has 1 amide bonds. The highest BCUT2D eigenvalue weighted by Crippen LogP contribution is 2.29. The van der Waals surface area contributed by atoms with Crippen LogP contribution in [0.3, 0.4) is 0 Å². The highest BCUT2D eigenvalue weighted by molar-refractivity contribution is 5.96. The minimum atomic E-state index is -0.377. The second kappa shape index (κ2) is 10.5. The van der Waals surface area contributed by atoms with Crippen molar-refractivity contribution in [1.29, 1.82) is 0 Å². The molecule has 0 saturated carbocycles. The van der Waals surface area contributed by atoms with Gasteiger partial charge in [-0.05, 0) is 89.2 Å². The second-order valence-corrected chi connectivity index (χ2v) is 10.1. The van der Waals surface area contributed by atoms with Crippen LogP contribution in [0.2, 0.25) is 0 Å². The molecule has 0 bridgehead atoms. The third kappa shape index (κ3) is 5.57. The van der Waals surface area contributed by atoms with Crippen molar-refractivity contribution in [2.24, 2.45) is 17.8 Å². The summed E-state index contributed by atoms with van der Waals surface area (Å²) < 4.78 is 0. The summed E-state index contributed by atoms with van der Waals surface area (Å²) in [4.78, 5) is 25.0. The lowest BCUT2D eigenvalue weighted by atomic mass is 9.86. The molecule has 6 N–H and O–H groups in total. The van der Waals surface area contributed by atoms with E-state index in [1.165, 1.54) is 12.8 Å². The molecule has 0 aromatic heterocycles. The molecule has 8 heteroatoms. The van der Waals surface area contributed by atoms with Crippen LogP contribution in [-0.4, -0.2) is 55.7 Å². The van der Waals surface area contributed by atoms with Crippen LogP contribution in [0.25, 0.3) is 0 Å². The maximum Gasteiger partial charge on any atom is 0.241 e. The Kier molecular flexibility index (Phi) is 7.69. The zero-order valence-corrected chi connectivity index (χ0v) is 20.3. The lowest BCUT2D eigenvalue weighted by Gasteiger charge is -2.39. The molecule has 3 heterocycles. The average Bonchev–Trinajstić information content (AvgIpc) is 3.11. The second-order valence-electron chi connectivity index (χ2n) is 10.1. The number of aryl methyl sites for hydroxylation is 1. The van der Waals surface area contributed by atoms with Gasteiger partial charge in [0.15, 0.2) is 0 Å². The third-order valence-corrected chi connectivity index (χ3v) is 7.72. The van der Waals surface area contributed by atoms with Gasteiger partial charge in [0, 0.05) is 29.4 Å². The number of nitrogens with one attached hydrogen (secondary N) is 6. The molecule has 1 aromatic carbocycles. The van der Waals surface area contributed by atoms with Crippen LogP contribution in [-0.2, 0) is 9.59 Å². The van der Waals surface area contributed by atoms with Gasteiger partial charge in [-0.25, -0.2) is 0 Å². The van der Waals surface area contributed by atoms with Crippen molar-refractivity contribution < 1.29 is 9.59 Å². The van der Waals surface area contributed by atoms with Crippen LogP contribution in [0.1, 0.15) is 45.6 Å². The van der Waals surface area contributed by atoms with Crippen molar-refractivity contribution >= 4 is 23.1 Å². The smallest absolute Gasteiger partial charge is 0.241 e. The SMILES string of the molecule is CC(=O)C1C(C)NC(C(=O)Nc2ccc(C)c(NC3NCCC(C4CCCNC4)N3)c2)C1C. The Morgan fingerprint density at radius 1 is 1.09 bits per heavy atom. The molecule has 0 aliphatic carbocycles. The predicted molar refractivity (Wildman–Crippen MR) is 132 cm³/mol. The average molecular weight is 457 g/mol. The summed E-state index contributed by atoms with van der Waals surface area (Å²) in [7, 11) is 0. The third-order valence-electron chi connectivity index (χ3n) is 7.72. The number of piperidine rings is 1. The number of Topliss-reactive ketones (excluding diaryl/α,β-unsaturated/α-hetero) is 1. The molecule has 8 nitrogen and oxygen atoms in total. The van der Waals surface area contributed by atoms with Crippen molar-refractivity contribution in [2.45, 2.75) is 71.4 Å². The standard InChI is InChI=1S/C25H40N6O2/c1-14-7-8-19(29-24(33)23-15(2)22(17(4)32)16(3)28-23)12-21(14)31-25-27-11-9-20(30-25)18-6-5-10-26-13-18/h7-8,12,15-16,18,20,22-23,25-28,30-31H,5-6,9-11,13H2,1-4H3,(H,29,33). The minimum absolute atomic E-state index is 0.000689. The van der Waals surface area contributed by atoms with Crippen LogP contribution in [0.4, 0.5) is 11.4 Å². The van der Waals surface area contributed by atoms with Crippen molar-refractivity contribution in [3.8, 4) is 0 Å². The normalized spacial score (nSPS) is 34.6. The van der Waals surface area contributed by atoms with Crippen LogP contribution in [0.5, 0.6) is 0 Å². The van der Waals surface area contributed by atoms with E-state index in [2.05, 4.69) is 38.8 Å². The van der Waals surface area contributed by atoms with Gasteiger partial charge in [-0.2, -0.15) is 0 Å². The fourth-order valence-corrected chi connectivity index (χ4v) is 5.90. The van der Waals surface area contributed by atoms with E-state index in [1.54, 1.807) is 6.92 Å². The molecule has 1 aromatic rings. The molecule has 0 radical (unpaired) electrons. The van der Waals surface area contributed by atoms with Crippen LogP contribution in [0.15, 0.2) is 18.2 Å². The Hall–Kier alpha value is -2.00. The molecule has 3 fully saturated rings. The lowest BCUT2D eigenvalue weighted by Crippen LogP contribution is -2.60. The number of carbonyl (C=O) groups is 2. The number of benzene rings is 1. The number of hydrogen-bond donors (Lipinski definition) is 6. The van der Waals surface area contributed by atoms with E-state index in [1.807, 2.05) is 32.0 Å². The molecular weight excluding hydrogens is 416 g/mol. The molecule has 33 heavy (non-hydrogen) atoms. The summed E-state index contributed by atoms with van der Waals surface area (Å²) in [5.74, 6) is 0.536. The van der Waals surface area contributed by atoms with E-state index in [0.717, 1.165) is 43.0 Å². The number of rotatable bonds is 6. The largest absolute Gasteiger partial charge is 0.357 e. The topological polar surface area (TPSA) is 106 Å². The summed E-state index contributed by atoms with van der Waals surface area (Å²) in [5, 5.41) is 20.7. The van der Waals surface area contributed by atoms with Gasteiger partial charge < -0.3 is 21.3 Å². The summed E-state index contributed by atoms with van der Waals surface area (Å²) >= 11 is 0. The Bertz CT molecular complexity index is 855. The van der Waals surface area contributed by atoms with E-state index < -0.39 is 0 Å². The molecule has 3 aliphatic rings. The summed E-state index contributed by atoms with van der Waals surface area (Å²) in [6.45, 7) is 10.8. The van der Waals surface area contributed by atoms with Crippen LogP contribution < -0.4 is 31.9 Å². The van der Waals surface area contributed by atoms with Gasteiger partial charge in [0.05, 0.1) is 6.04 Å². The Labute approximate surface area is 197 Å². The van der Waals surface area contributed by atoms with Gasteiger partial charge in [-0.15, -0.1) is 0 Å². The van der Waals surface area contributed by atoms with E-state index in [4.69, 9.17) is 0 Å². The number of anilines is 2. The fourth-order valence-electron chi connectivity index (χ4n) is 5.90. The van der Waals surface area contributed by atoms with Crippen LogP contribution >= 0.6 is 0 Å². The van der Waals surface area contributed by atoms with Crippen molar-refractivity contribution in [3.63, 3.8) is 0 Å². The number of ketones is 1. The van der Waals surface area contributed by atoms with E-state index in [-0.39, 0.29) is 41.9 Å². The molecule has 3 saturated heterocycles. The summed E-state index contributed by atoms with van der Waals surface area (Å²) in [6.07, 6.45) is 3.64. The van der Waals surface area contributed by atoms with Gasteiger partial charge in [-0.1, -0.05) is 13.0 Å². The summed E-state index contributed by atoms with van der Waals surface area (Å²) in [6, 6.07) is 6.06. The first-order valence-corrected chi connectivity index (χ1v) is 12.5. The molecule has 4 rings (SSSR count). The lowest BCUT2D eigenvalue weighted by molar-refractivity contribution is -0.122. The quantitative estimate of drug-likeness (QED) is 0.388. The van der Waals surface area contributed by atoms with Gasteiger partial charge in [0.25, 0.3) is 0 Å². The Morgan fingerprint density at radius 3 is 2.61 bits per heavy atom. The zero-order chi connectivity index (χ0) is 23.5. The van der Waals surface area contributed by atoms with Gasteiger partial charge >= 0.3 is 0 Å². The summed E-state index contributed by atoms with van der Waals surface area (Å²) in [5.41, 5.74) is 2.86. The van der Waals surface area contributed by atoms with E-state index in [9.17, 15) is 9.59 Å². The van der Waals surface area contributed by atoms with E-state index in [0.29, 0.717) is 12.0 Å². The number of hydrogen-bond acceptors (Lipinski definition) is 7. The molecule has 0 spiro atoms. The molecule has 182 valence electrons. The van der Waals surface area contributed by atoms with Crippen molar-refractivity contribution in [1.82, 2.24) is 21.3 Å². The first-order chi connectivity index (χ1) is 15.8. The van der Waals surface area contributed by atoms with Crippen LogP contribution in [0, 0.1) is 24.7 Å². The Balaban J connectivity index is 1.38. The zero-order valence-electron chi connectivity index (χ0n) is 20.3. The molecule has 7 unspecified atom stereocenters. The minimum Gasteiger partial charge on any atom is -0.357 e. The highest BCUT2D eigenvalue weighted by Gasteiger charge is 2.43. The fraction of sp³-hybridized carbons (Fsp3) is 0.680. The number of carbonyl (C=O) groups excluding carboxylic acids is 2. The van der Waals surface area contributed by atoms with E-state index >= 15 is 0 Å². The monoisotopic (exact) mass is 456 g/mol. The highest BCUT2D eigenvalue weighted by atomic mass is 16.2. The molecular formula is C25H40N6O2.